The van der Waals surface area contributed by atoms with Gasteiger partial charge in [-0.25, -0.2) is 0 Å². The number of rotatable bonds is 4. The van der Waals surface area contributed by atoms with Crippen LogP contribution in [0.4, 0.5) is 0 Å². The Balaban J connectivity index is 2.74. The highest BCUT2D eigenvalue weighted by Crippen LogP contribution is 2.28. The third kappa shape index (κ3) is 4.91. The predicted octanol–water partition coefficient (Wildman–Crippen LogP) is 4.16. The molecule has 100 valence electrons. The van der Waals surface area contributed by atoms with Crippen LogP contribution in [0.15, 0.2) is 30.3 Å². The van der Waals surface area contributed by atoms with Crippen LogP contribution in [-0.2, 0) is 9.53 Å². The molecule has 0 aliphatic rings. The van der Waals surface area contributed by atoms with Crippen LogP contribution in [0.1, 0.15) is 52.5 Å². The summed E-state index contributed by atoms with van der Waals surface area (Å²) in [4.78, 5) is 11.9. The van der Waals surface area contributed by atoms with Crippen molar-refractivity contribution in [3.05, 3.63) is 35.9 Å². The van der Waals surface area contributed by atoms with Gasteiger partial charge in [0.25, 0.3) is 0 Å². The molecule has 0 aromatic heterocycles. The summed E-state index contributed by atoms with van der Waals surface area (Å²) >= 11 is 0. The fourth-order valence-electron chi connectivity index (χ4n) is 2.00. The zero-order chi connectivity index (χ0) is 13.8. The molecule has 18 heavy (non-hydrogen) atoms. The Morgan fingerprint density at radius 1 is 1.17 bits per heavy atom. The lowest BCUT2D eigenvalue weighted by Crippen LogP contribution is -2.25. The van der Waals surface area contributed by atoms with E-state index in [0.29, 0.717) is 12.3 Å². The Hall–Kier alpha value is -1.31. The minimum absolute atomic E-state index is 0.120. The third-order valence-electron chi connectivity index (χ3n) is 2.84. The van der Waals surface area contributed by atoms with Gasteiger partial charge in [0.15, 0.2) is 0 Å². The first kappa shape index (κ1) is 14.7. The minimum atomic E-state index is -0.407. The molecule has 0 amide bonds. The molecule has 0 aliphatic heterocycles. The van der Waals surface area contributed by atoms with Gasteiger partial charge >= 0.3 is 5.97 Å². The van der Waals surface area contributed by atoms with Crippen LogP contribution in [0, 0.1) is 5.92 Å². The summed E-state index contributed by atoms with van der Waals surface area (Å²) in [5.41, 5.74) is 0.799. The summed E-state index contributed by atoms with van der Waals surface area (Å²) in [5, 5.41) is 0. The van der Waals surface area contributed by atoms with E-state index in [2.05, 4.69) is 26.0 Å². The number of ether oxygens (including phenoxy) is 1. The van der Waals surface area contributed by atoms with Crippen LogP contribution in [-0.4, -0.2) is 11.6 Å². The average Bonchev–Trinajstić information content (AvgIpc) is 2.24. The molecule has 0 N–H and O–H groups in total. The van der Waals surface area contributed by atoms with Gasteiger partial charge in [0, 0.05) is 0 Å². The molecular formula is C16H24O2. The monoisotopic (exact) mass is 248 g/mol. The molecule has 1 atom stereocenters. The van der Waals surface area contributed by atoms with Gasteiger partial charge in [0.1, 0.15) is 5.60 Å². The van der Waals surface area contributed by atoms with Crippen LogP contribution in [0.3, 0.4) is 0 Å². The van der Waals surface area contributed by atoms with Crippen molar-refractivity contribution in [1.82, 2.24) is 0 Å². The molecule has 0 aliphatic carbocycles. The summed E-state index contributed by atoms with van der Waals surface area (Å²) in [6.45, 7) is 9.98. The molecule has 0 bridgehead atoms. The maximum Gasteiger partial charge on any atom is 0.306 e. The van der Waals surface area contributed by atoms with Crippen molar-refractivity contribution in [2.45, 2.75) is 52.6 Å². The molecule has 1 rings (SSSR count). The average molecular weight is 248 g/mol. The van der Waals surface area contributed by atoms with Crippen LogP contribution in [0.5, 0.6) is 0 Å². The third-order valence-corrected chi connectivity index (χ3v) is 2.84. The second-order valence-corrected chi connectivity index (χ2v) is 6.05. The molecule has 1 aromatic rings. The lowest BCUT2D eigenvalue weighted by atomic mass is 9.86. The van der Waals surface area contributed by atoms with E-state index in [4.69, 9.17) is 4.74 Å². The zero-order valence-corrected chi connectivity index (χ0v) is 12.1. The Bertz CT molecular complexity index is 374. The van der Waals surface area contributed by atoms with Crippen molar-refractivity contribution in [1.29, 1.82) is 0 Å². The maximum atomic E-state index is 11.9. The van der Waals surface area contributed by atoms with Crippen LogP contribution < -0.4 is 0 Å². The number of carbonyl (C=O) groups is 1. The van der Waals surface area contributed by atoms with Crippen molar-refractivity contribution >= 4 is 5.97 Å². The van der Waals surface area contributed by atoms with Crippen LogP contribution in [0.25, 0.3) is 0 Å². The smallest absolute Gasteiger partial charge is 0.306 e. The number of hydrogen-bond acceptors (Lipinski definition) is 2. The Labute approximate surface area is 110 Å². The summed E-state index contributed by atoms with van der Waals surface area (Å²) in [6.07, 6.45) is 0.443. The van der Waals surface area contributed by atoms with E-state index >= 15 is 0 Å². The fraction of sp³-hybridized carbons (Fsp3) is 0.562. The molecule has 1 aromatic carbocycles. The molecule has 0 heterocycles. The number of esters is 1. The number of carbonyl (C=O) groups excluding carboxylic acids is 1. The highest BCUT2D eigenvalue weighted by atomic mass is 16.6. The van der Waals surface area contributed by atoms with Gasteiger partial charge in [-0.2, -0.15) is 0 Å². The maximum absolute atomic E-state index is 11.9. The van der Waals surface area contributed by atoms with E-state index in [1.165, 1.54) is 5.56 Å². The van der Waals surface area contributed by atoms with Crippen molar-refractivity contribution < 1.29 is 9.53 Å². The quantitative estimate of drug-likeness (QED) is 0.748. The van der Waals surface area contributed by atoms with E-state index in [9.17, 15) is 4.79 Å². The molecule has 0 fully saturated rings. The molecule has 0 radical (unpaired) electrons. The van der Waals surface area contributed by atoms with E-state index in [1.54, 1.807) is 0 Å². The molecule has 0 saturated heterocycles. The molecule has 0 spiro atoms. The van der Waals surface area contributed by atoms with Crippen molar-refractivity contribution in [2.75, 3.05) is 0 Å². The molecule has 0 unspecified atom stereocenters. The second-order valence-electron chi connectivity index (χ2n) is 6.05. The van der Waals surface area contributed by atoms with E-state index in [0.717, 1.165) is 0 Å². The molecular weight excluding hydrogens is 224 g/mol. The summed E-state index contributed by atoms with van der Waals surface area (Å²) in [6, 6.07) is 10.2. The van der Waals surface area contributed by atoms with Crippen LogP contribution >= 0.6 is 0 Å². The lowest BCUT2D eigenvalue weighted by Gasteiger charge is -2.24. The Kier molecular flexibility index (Phi) is 4.94. The van der Waals surface area contributed by atoms with Crippen molar-refractivity contribution in [2.24, 2.45) is 5.92 Å². The first-order valence-electron chi connectivity index (χ1n) is 6.56. The minimum Gasteiger partial charge on any atom is -0.460 e. The van der Waals surface area contributed by atoms with Gasteiger partial charge in [-0.05, 0) is 38.2 Å². The summed E-state index contributed by atoms with van der Waals surface area (Å²) in [7, 11) is 0. The van der Waals surface area contributed by atoms with Gasteiger partial charge in [0.05, 0.1) is 6.42 Å². The fourth-order valence-corrected chi connectivity index (χ4v) is 2.00. The predicted molar refractivity (Wildman–Crippen MR) is 74.5 cm³/mol. The van der Waals surface area contributed by atoms with Gasteiger partial charge < -0.3 is 4.74 Å². The largest absolute Gasteiger partial charge is 0.460 e. The van der Waals surface area contributed by atoms with Gasteiger partial charge in [-0.3, -0.25) is 4.79 Å². The van der Waals surface area contributed by atoms with E-state index in [-0.39, 0.29) is 11.9 Å². The van der Waals surface area contributed by atoms with Gasteiger partial charge in [0.2, 0.25) is 0 Å². The lowest BCUT2D eigenvalue weighted by molar-refractivity contribution is -0.155. The zero-order valence-electron chi connectivity index (χ0n) is 12.1. The van der Waals surface area contributed by atoms with Gasteiger partial charge in [-0.1, -0.05) is 44.2 Å². The highest BCUT2D eigenvalue weighted by molar-refractivity contribution is 5.71. The molecule has 0 saturated carbocycles. The summed E-state index contributed by atoms with van der Waals surface area (Å²) in [5.74, 6) is 0.519. The number of benzene rings is 1. The van der Waals surface area contributed by atoms with E-state index in [1.807, 2.05) is 39.0 Å². The van der Waals surface area contributed by atoms with Gasteiger partial charge in [-0.15, -0.1) is 0 Å². The first-order valence-corrected chi connectivity index (χ1v) is 6.56. The highest BCUT2D eigenvalue weighted by Gasteiger charge is 2.23. The molecule has 2 nitrogen and oxygen atoms in total. The number of hydrogen-bond donors (Lipinski definition) is 0. The van der Waals surface area contributed by atoms with E-state index < -0.39 is 5.60 Å². The second kappa shape index (κ2) is 6.03. The standard InChI is InChI=1S/C16H24O2/c1-12(2)14(13-9-7-6-8-10-13)11-15(17)18-16(3,4)5/h6-10,12,14H,11H2,1-5H3/t14-/m0/s1. The Morgan fingerprint density at radius 3 is 2.17 bits per heavy atom. The SMILES string of the molecule is CC(C)[C@H](CC(=O)OC(C)(C)C)c1ccccc1. The normalized spacial score (nSPS) is 13.4. The van der Waals surface area contributed by atoms with Crippen molar-refractivity contribution in [3.63, 3.8) is 0 Å². The first-order chi connectivity index (χ1) is 8.29. The Morgan fingerprint density at radius 2 is 1.72 bits per heavy atom. The topological polar surface area (TPSA) is 26.3 Å². The van der Waals surface area contributed by atoms with Crippen molar-refractivity contribution in [3.8, 4) is 0 Å². The summed E-state index contributed by atoms with van der Waals surface area (Å²) < 4.78 is 5.40. The van der Waals surface area contributed by atoms with Crippen LogP contribution in [0.2, 0.25) is 0 Å². The molecule has 2 heteroatoms.